The van der Waals surface area contributed by atoms with Crippen molar-refractivity contribution >= 4 is 112 Å². The lowest BCUT2D eigenvalue weighted by atomic mass is 9.94. The highest BCUT2D eigenvalue weighted by molar-refractivity contribution is 7.03. The third-order valence-corrected chi connectivity index (χ3v) is 57.2. The first-order valence-electron chi connectivity index (χ1n) is 35.3. The van der Waals surface area contributed by atoms with Crippen LogP contribution in [0.5, 0.6) is 0 Å². The molecule has 4 aromatic rings. The Balaban J connectivity index is 2.81. The van der Waals surface area contributed by atoms with Crippen LogP contribution in [0.25, 0.3) is 32.3 Å². The van der Waals surface area contributed by atoms with Crippen LogP contribution in [0.15, 0.2) is 36.4 Å². The fraction of sp³-hybridized carbons (Fsp3) is 0.750. The lowest BCUT2D eigenvalue weighted by Gasteiger charge is -2.42. The zero-order valence-electron chi connectivity index (χ0n) is 55.9. The van der Waals surface area contributed by atoms with E-state index in [0.717, 1.165) is 0 Å². The molecule has 0 nitrogen and oxygen atoms in total. The molecule has 444 valence electrons. The maximum Gasteiger partial charge on any atom is 0.0865 e. The van der Waals surface area contributed by atoms with Gasteiger partial charge in [-0.05, 0) is 32.3 Å². The predicted molar refractivity (Wildman–Crippen MR) is 383 cm³/mol. The largest absolute Gasteiger partial charge is 0.0865 e. The Hall–Kier alpha value is -1.04. The molecule has 0 radical (unpaired) electrons. The van der Waals surface area contributed by atoms with Crippen molar-refractivity contribution in [2.75, 3.05) is 0 Å². The molecule has 0 N–H and O–H groups in total. The molecule has 0 bridgehead atoms. The zero-order valence-corrected chi connectivity index (χ0v) is 61.9. The topological polar surface area (TPSA) is 0 Å². The van der Waals surface area contributed by atoms with Gasteiger partial charge in [0.05, 0.1) is 48.4 Å². The van der Waals surface area contributed by atoms with Gasteiger partial charge in [-0.2, -0.15) is 0 Å². The lowest BCUT2D eigenvalue weighted by molar-refractivity contribution is 0.931. The van der Waals surface area contributed by atoms with Crippen molar-refractivity contribution < 1.29 is 0 Å². The van der Waals surface area contributed by atoms with Crippen molar-refractivity contribution in [1.29, 1.82) is 0 Å². The van der Waals surface area contributed by atoms with E-state index in [9.17, 15) is 0 Å². The van der Waals surface area contributed by atoms with E-state index in [2.05, 4.69) is 161 Å². The van der Waals surface area contributed by atoms with Gasteiger partial charge in [-0.3, -0.25) is 0 Å². The van der Waals surface area contributed by atoms with E-state index in [0.29, 0.717) is 0 Å². The minimum atomic E-state index is -1.92. The Kier molecular flexibility index (Phi) is 29.8. The summed E-state index contributed by atoms with van der Waals surface area (Å²) in [6.07, 6.45) is 24.0. The Labute approximate surface area is 493 Å². The summed E-state index contributed by atoms with van der Waals surface area (Å²) in [7, 11) is -11.5. The maximum absolute atomic E-state index is 3.13. The second-order valence-electron chi connectivity index (χ2n) is 27.0. The van der Waals surface area contributed by atoms with Gasteiger partial charge in [0.15, 0.2) is 0 Å². The van der Waals surface area contributed by atoms with Gasteiger partial charge in [-0.25, -0.2) is 0 Å². The molecule has 0 aromatic heterocycles. The SMILES string of the molecule is CCC[Si](CCC)(CCC)c1cc2c3cc([Si](CCC)(CCC)CCC)c([Si](CCC)(CCC)CCC)cc3c3cc([Si](CCC)(CCC)CCC)c([Si](CCC)(CCC)CCC)cc3c2cc1[Si](CCC)(CCC)CCC. The predicted octanol–water partition coefficient (Wildman–Crippen LogP) is 22.5. The minimum Gasteiger partial charge on any atom is -0.0656 e. The van der Waals surface area contributed by atoms with Crippen LogP contribution in [0.1, 0.15) is 240 Å². The summed E-state index contributed by atoms with van der Waals surface area (Å²) in [6.45, 7) is 46.2. The van der Waals surface area contributed by atoms with Gasteiger partial charge >= 0.3 is 0 Å². The van der Waals surface area contributed by atoms with Crippen molar-refractivity contribution in [3.05, 3.63) is 36.4 Å². The number of hydrogen-bond donors (Lipinski definition) is 0. The summed E-state index contributed by atoms with van der Waals surface area (Å²) >= 11 is 0. The second-order valence-corrected chi connectivity index (χ2v) is 54.6. The van der Waals surface area contributed by atoms with E-state index in [-0.39, 0.29) is 0 Å². The van der Waals surface area contributed by atoms with Crippen LogP contribution >= 0.6 is 0 Å². The first kappa shape index (κ1) is 69.5. The molecular formula is C72H132Si6. The monoisotopic (exact) mass is 1160 g/mol. The minimum absolute atomic E-state index is 1.34. The average Bonchev–Trinajstić information content (AvgIpc) is 3.60. The molecule has 0 fully saturated rings. The first-order valence-corrected chi connectivity index (χ1v) is 51.0. The van der Waals surface area contributed by atoms with Crippen LogP contribution in [0.2, 0.25) is 109 Å². The summed E-state index contributed by atoms with van der Waals surface area (Å²) < 4.78 is 0. The molecule has 0 aliphatic carbocycles. The molecule has 0 aliphatic rings. The smallest absolute Gasteiger partial charge is 0.0656 e. The quantitative estimate of drug-likeness (QED) is 0.0306. The van der Waals surface area contributed by atoms with Crippen molar-refractivity contribution in [2.45, 2.75) is 349 Å². The molecule has 0 spiro atoms. The van der Waals surface area contributed by atoms with Crippen LogP contribution in [0, 0.1) is 0 Å². The number of benzene rings is 4. The Morgan fingerprint density at radius 3 is 0.295 bits per heavy atom. The molecule has 0 heterocycles. The van der Waals surface area contributed by atoms with Gasteiger partial charge in [0, 0.05) is 0 Å². The molecule has 4 aromatic carbocycles. The number of rotatable bonds is 42. The second kappa shape index (κ2) is 33.5. The Morgan fingerprint density at radius 2 is 0.231 bits per heavy atom. The molecule has 4 rings (SSSR count). The van der Waals surface area contributed by atoms with Crippen LogP contribution in [-0.4, -0.2) is 48.4 Å². The average molecular weight is 1170 g/mol. The van der Waals surface area contributed by atoms with E-state index in [1.54, 1.807) is 32.3 Å². The van der Waals surface area contributed by atoms with E-state index in [1.807, 2.05) is 31.1 Å². The lowest BCUT2D eigenvalue weighted by Crippen LogP contribution is -2.63. The Morgan fingerprint density at radius 1 is 0.154 bits per heavy atom. The summed E-state index contributed by atoms with van der Waals surface area (Å²) in [5, 5.41) is 22.3. The van der Waals surface area contributed by atoms with Crippen LogP contribution in [0.4, 0.5) is 0 Å². The maximum atomic E-state index is 3.13. The molecule has 78 heavy (non-hydrogen) atoms. The molecule has 0 unspecified atom stereocenters. The number of fused-ring (bicyclic) bond motifs is 6. The summed E-state index contributed by atoms with van der Waals surface area (Å²) in [6, 6.07) is 45.2. The standard InChI is InChI=1S/C72H132Si6/c1-19-37-73(38-20-2,39-21-3)67-55-61-62(56-68(67)74(40-22-4,41-23-5)42-24-6)64-58-70(76(46-28-10,47-29-11)48-30-12)72(78(52-34-16,53-35-17)54-36-18)60-66(64)65-59-71(77(49-31-13,50-32-14)51-33-15)69(57-63(61)65)75(43-25-7,44-26-8)45-27-9/h55-60H,19-54H2,1-18H3. The summed E-state index contributed by atoms with van der Waals surface area (Å²) in [4.78, 5) is 0. The van der Waals surface area contributed by atoms with E-state index in [4.69, 9.17) is 0 Å². The molecule has 0 atom stereocenters. The highest BCUT2D eigenvalue weighted by Crippen LogP contribution is 2.42. The summed E-state index contributed by atoms with van der Waals surface area (Å²) in [5.74, 6) is 0. The fourth-order valence-electron chi connectivity index (χ4n) is 19.1. The molecule has 6 heteroatoms. The zero-order chi connectivity index (χ0) is 57.6. The van der Waals surface area contributed by atoms with Gasteiger partial charge in [-0.1, -0.05) is 417 Å². The highest BCUT2D eigenvalue weighted by atomic mass is 28.3. The van der Waals surface area contributed by atoms with E-state index in [1.165, 1.54) is 224 Å². The molecule has 0 amide bonds. The van der Waals surface area contributed by atoms with E-state index < -0.39 is 48.4 Å². The van der Waals surface area contributed by atoms with Crippen LogP contribution < -0.4 is 31.1 Å². The first-order chi connectivity index (χ1) is 37.7. The third kappa shape index (κ3) is 14.7. The highest BCUT2D eigenvalue weighted by Gasteiger charge is 2.46. The molecular weight excluding hydrogens is 1030 g/mol. The molecule has 0 saturated heterocycles. The van der Waals surface area contributed by atoms with Gasteiger partial charge in [0.2, 0.25) is 0 Å². The number of hydrogen-bond acceptors (Lipinski definition) is 0. The van der Waals surface area contributed by atoms with Crippen molar-refractivity contribution in [2.24, 2.45) is 0 Å². The van der Waals surface area contributed by atoms with Gasteiger partial charge in [-0.15, -0.1) is 0 Å². The molecule has 0 saturated carbocycles. The van der Waals surface area contributed by atoms with Crippen molar-refractivity contribution in [3.63, 3.8) is 0 Å². The van der Waals surface area contributed by atoms with Crippen LogP contribution in [-0.2, 0) is 0 Å². The van der Waals surface area contributed by atoms with Crippen molar-refractivity contribution in [1.82, 2.24) is 0 Å². The van der Waals surface area contributed by atoms with Gasteiger partial charge < -0.3 is 0 Å². The molecule has 0 aliphatic heterocycles. The fourth-order valence-corrected chi connectivity index (χ4v) is 57.0. The van der Waals surface area contributed by atoms with Crippen LogP contribution in [0.3, 0.4) is 0 Å². The normalized spacial score (nSPS) is 13.3. The summed E-state index contributed by atoms with van der Waals surface area (Å²) in [5.41, 5.74) is 0. The van der Waals surface area contributed by atoms with E-state index >= 15 is 0 Å². The van der Waals surface area contributed by atoms with Gasteiger partial charge in [0.1, 0.15) is 0 Å². The Bertz CT molecular complexity index is 1820. The van der Waals surface area contributed by atoms with Gasteiger partial charge in [0.25, 0.3) is 0 Å². The third-order valence-electron chi connectivity index (χ3n) is 20.9. The van der Waals surface area contributed by atoms with Crippen molar-refractivity contribution in [3.8, 4) is 0 Å².